The molecule has 0 amide bonds. The molecule has 1 aliphatic heterocycles. The molecule has 1 aromatic rings. The van der Waals surface area contributed by atoms with Crippen LogP contribution in [0.4, 0.5) is 4.39 Å². The van der Waals surface area contributed by atoms with Gasteiger partial charge in [0.05, 0.1) is 0 Å². The zero-order valence-electron chi connectivity index (χ0n) is 8.60. The topological polar surface area (TPSA) is 12.0 Å². The summed E-state index contributed by atoms with van der Waals surface area (Å²) in [7, 11) is 0. The Bertz CT molecular complexity index is 334. The van der Waals surface area contributed by atoms with Crippen LogP contribution < -0.4 is 5.32 Å². The van der Waals surface area contributed by atoms with Crippen molar-refractivity contribution >= 4 is 11.6 Å². The number of hydrogen-bond donors (Lipinski definition) is 1. The van der Waals surface area contributed by atoms with Crippen molar-refractivity contribution in [2.75, 3.05) is 13.1 Å². The van der Waals surface area contributed by atoms with E-state index in [4.69, 9.17) is 11.6 Å². The number of halogens is 2. The summed E-state index contributed by atoms with van der Waals surface area (Å²) in [5, 5.41) is 3.95. The molecular weight excluding hydrogens is 213 g/mol. The van der Waals surface area contributed by atoms with E-state index >= 15 is 0 Å². The monoisotopic (exact) mass is 227 g/mol. The fourth-order valence-electron chi connectivity index (χ4n) is 2.11. The fourth-order valence-corrected chi connectivity index (χ4v) is 2.30. The van der Waals surface area contributed by atoms with Crippen LogP contribution in [0.3, 0.4) is 0 Å². The second-order valence-electron chi connectivity index (χ2n) is 4.15. The molecular formula is C12H15ClFN. The number of benzene rings is 1. The minimum atomic E-state index is -0.134. The van der Waals surface area contributed by atoms with Crippen molar-refractivity contribution in [3.8, 4) is 0 Å². The maximum atomic E-state index is 13.4. The summed E-state index contributed by atoms with van der Waals surface area (Å²) in [4.78, 5) is 0. The third kappa shape index (κ3) is 2.93. The van der Waals surface area contributed by atoms with Gasteiger partial charge in [0, 0.05) is 5.02 Å². The van der Waals surface area contributed by atoms with Crippen LogP contribution in [0, 0.1) is 11.7 Å². The Morgan fingerprint density at radius 2 is 2.33 bits per heavy atom. The zero-order valence-corrected chi connectivity index (χ0v) is 9.36. The van der Waals surface area contributed by atoms with E-state index in [-0.39, 0.29) is 5.82 Å². The van der Waals surface area contributed by atoms with Gasteiger partial charge in [-0.25, -0.2) is 4.39 Å². The van der Waals surface area contributed by atoms with Gasteiger partial charge in [0.1, 0.15) is 5.82 Å². The molecule has 2 rings (SSSR count). The third-order valence-electron chi connectivity index (χ3n) is 2.92. The molecule has 1 heterocycles. The first-order chi connectivity index (χ1) is 7.25. The van der Waals surface area contributed by atoms with Crippen LogP contribution in [0.25, 0.3) is 0 Å². The molecule has 0 bridgehead atoms. The quantitative estimate of drug-likeness (QED) is 0.819. The highest BCUT2D eigenvalue weighted by Crippen LogP contribution is 2.21. The van der Waals surface area contributed by atoms with Crippen molar-refractivity contribution in [2.24, 2.45) is 5.92 Å². The Balaban J connectivity index is 2.05. The zero-order chi connectivity index (χ0) is 10.7. The van der Waals surface area contributed by atoms with Gasteiger partial charge in [0.25, 0.3) is 0 Å². The Kier molecular flexibility index (Phi) is 3.60. The molecule has 0 radical (unpaired) electrons. The minimum absolute atomic E-state index is 0.134. The van der Waals surface area contributed by atoms with E-state index in [1.807, 2.05) is 0 Å². The number of piperidine rings is 1. The maximum Gasteiger partial charge on any atom is 0.126 e. The van der Waals surface area contributed by atoms with Crippen LogP contribution in [0.15, 0.2) is 18.2 Å². The molecule has 1 fully saturated rings. The first kappa shape index (κ1) is 10.9. The first-order valence-electron chi connectivity index (χ1n) is 5.40. The van der Waals surface area contributed by atoms with Crippen molar-refractivity contribution in [3.05, 3.63) is 34.6 Å². The summed E-state index contributed by atoms with van der Waals surface area (Å²) in [5.74, 6) is 0.414. The van der Waals surface area contributed by atoms with Gasteiger partial charge in [-0.2, -0.15) is 0 Å². The smallest absolute Gasteiger partial charge is 0.126 e. The minimum Gasteiger partial charge on any atom is -0.316 e. The Hall–Kier alpha value is -0.600. The van der Waals surface area contributed by atoms with Gasteiger partial charge in [0.2, 0.25) is 0 Å². The van der Waals surface area contributed by atoms with Gasteiger partial charge in [-0.05, 0) is 62.0 Å². The van der Waals surface area contributed by atoms with E-state index in [9.17, 15) is 4.39 Å². The molecule has 1 aromatic carbocycles. The van der Waals surface area contributed by atoms with Crippen LogP contribution in [0.5, 0.6) is 0 Å². The second-order valence-corrected chi connectivity index (χ2v) is 4.59. The Labute approximate surface area is 94.6 Å². The molecule has 1 saturated heterocycles. The number of hydrogen-bond acceptors (Lipinski definition) is 1. The lowest BCUT2D eigenvalue weighted by Gasteiger charge is -2.22. The largest absolute Gasteiger partial charge is 0.316 e. The van der Waals surface area contributed by atoms with Gasteiger partial charge >= 0.3 is 0 Å². The van der Waals surface area contributed by atoms with Gasteiger partial charge in [-0.1, -0.05) is 11.6 Å². The van der Waals surface area contributed by atoms with Gasteiger partial charge < -0.3 is 5.32 Å². The van der Waals surface area contributed by atoms with Gasteiger partial charge in [-0.3, -0.25) is 0 Å². The van der Waals surface area contributed by atoms with Crippen LogP contribution in [0.1, 0.15) is 18.4 Å². The molecule has 82 valence electrons. The molecule has 1 N–H and O–H groups in total. The highest BCUT2D eigenvalue weighted by Gasteiger charge is 2.15. The van der Waals surface area contributed by atoms with E-state index in [0.29, 0.717) is 10.9 Å². The van der Waals surface area contributed by atoms with Crippen molar-refractivity contribution in [1.29, 1.82) is 0 Å². The van der Waals surface area contributed by atoms with E-state index in [2.05, 4.69) is 5.32 Å². The van der Waals surface area contributed by atoms with Crippen LogP contribution in [-0.2, 0) is 6.42 Å². The lowest BCUT2D eigenvalue weighted by molar-refractivity contribution is 0.372. The van der Waals surface area contributed by atoms with E-state index in [0.717, 1.165) is 25.1 Å². The normalized spacial score (nSPS) is 21.6. The summed E-state index contributed by atoms with van der Waals surface area (Å²) in [5.41, 5.74) is 0.746. The molecule has 0 spiro atoms. The highest BCUT2D eigenvalue weighted by molar-refractivity contribution is 6.30. The van der Waals surface area contributed by atoms with Crippen molar-refractivity contribution < 1.29 is 4.39 Å². The maximum absolute atomic E-state index is 13.4. The fraction of sp³-hybridized carbons (Fsp3) is 0.500. The van der Waals surface area contributed by atoms with E-state index < -0.39 is 0 Å². The average molecular weight is 228 g/mol. The van der Waals surface area contributed by atoms with Crippen LogP contribution in [-0.4, -0.2) is 13.1 Å². The predicted molar refractivity (Wildman–Crippen MR) is 60.7 cm³/mol. The lowest BCUT2D eigenvalue weighted by atomic mass is 9.92. The summed E-state index contributed by atoms with van der Waals surface area (Å²) in [6, 6.07) is 4.79. The molecule has 3 heteroatoms. The average Bonchev–Trinajstić information content (AvgIpc) is 2.25. The number of nitrogens with one attached hydrogen (secondary N) is 1. The van der Waals surface area contributed by atoms with E-state index in [1.165, 1.54) is 18.9 Å². The molecule has 0 saturated carbocycles. The second kappa shape index (κ2) is 4.95. The SMILES string of the molecule is Fc1ccc(Cl)cc1CC1CCCNC1. The van der Waals surface area contributed by atoms with Crippen molar-refractivity contribution in [1.82, 2.24) is 5.32 Å². The standard InChI is InChI=1S/C12H15ClFN/c13-11-3-4-12(14)10(7-11)6-9-2-1-5-15-8-9/h3-4,7,9,15H,1-2,5-6,8H2. The van der Waals surface area contributed by atoms with Crippen molar-refractivity contribution in [3.63, 3.8) is 0 Å². The molecule has 0 aliphatic carbocycles. The Morgan fingerprint density at radius 3 is 3.07 bits per heavy atom. The van der Waals surface area contributed by atoms with Gasteiger partial charge in [0.15, 0.2) is 0 Å². The summed E-state index contributed by atoms with van der Waals surface area (Å²) in [6.07, 6.45) is 3.16. The number of rotatable bonds is 2. The van der Waals surface area contributed by atoms with Gasteiger partial charge in [-0.15, -0.1) is 0 Å². The van der Waals surface area contributed by atoms with Crippen LogP contribution >= 0.6 is 11.6 Å². The predicted octanol–water partition coefficient (Wildman–Crippen LogP) is 3.02. The molecule has 1 atom stereocenters. The lowest BCUT2D eigenvalue weighted by Crippen LogP contribution is -2.31. The van der Waals surface area contributed by atoms with Crippen LogP contribution in [0.2, 0.25) is 5.02 Å². The van der Waals surface area contributed by atoms with Crippen molar-refractivity contribution in [2.45, 2.75) is 19.3 Å². The first-order valence-corrected chi connectivity index (χ1v) is 5.78. The summed E-state index contributed by atoms with van der Waals surface area (Å²) >= 11 is 5.85. The molecule has 1 unspecified atom stereocenters. The molecule has 0 aromatic heterocycles. The summed E-state index contributed by atoms with van der Waals surface area (Å²) < 4.78 is 13.4. The third-order valence-corrected chi connectivity index (χ3v) is 3.15. The van der Waals surface area contributed by atoms with E-state index in [1.54, 1.807) is 12.1 Å². The highest BCUT2D eigenvalue weighted by atomic mass is 35.5. The molecule has 15 heavy (non-hydrogen) atoms. The Morgan fingerprint density at radius 1 is 1.47 bits per heavy atom. The summed E-state index contributed by atoms with van der Waals surface area (Å²) in [6.45, 7) is 2.08. The molecule has 1 aliphatic rings. The molecule has 1 nitrogen and oxygen atoms in total.